The molecule has 2 unspecified atom stereocenters. The number of aliphatic hydroxyl groups is 2. The summed E-state index contributed by atoms with van der Waals surface area (Å²) < 4.78 is 5.49. The normalized spacial score (nSPS) is 12.6. The molecule has 1 amide bonds. The summed E-state index contributed by atoms with van der Waals surface area (Å²) in [6, 6.07) is -0.541. The standard InChI is InChI=1S/C74H143NO5/c1-3-5-7-9-11-13-15-17-19-20-33-36-39-42-46-50-54-58-62-66-72(77)71(70-76)75-73(78)67-63-59-55-51-47-43-40-37-34-31-29-27-25-23-21-22-24-26-28-30-32-35-38-41-45-49-53-57-61-65-69-80-74(79)68-64-60-56-52-48-44-18-16-14-12-10-8-6-4-2/h16,18,22,24,71-72,76-77H,3-15,17,19-21,23,25-70H2,1-2H3,(H,75,78)/b18-16-,24-22-. The van der Waals surface area contributed by atoms with Crippen LogP contribution in [0.4, 0.5) is 0 Å². The van der Waals surface area contributed by atoms with Gasteiger partial charge in [0.2, 0.25) is 5.91 Å². The molecule has 474 valence electrons. The van der Waals surface area contributed by atoms with Crippen molar-refractivity contribution in [2.24, 2.45) is 0 Å². The van der Waals surface area contributed by atoms with Crippen LogP contribution < -0.4 is 5.32 Å². The molecule has 0 saturated heterocycles. The molecule has 6 heteroatoms. The maximum absolute atomic E-state index is 12.5. The van der Waals surface area contributed by atoms with E-state index in [0.717, 1.165) is 44.9 Å². The SMILES string of the molecule is CCCCCCC/C=C\CCCCCCCC(=O)OCCCCCCCCCCCCCC/C=C\CCCCCCCCCCCCCCCCC(=O)NC(CO)C(O)CCCCCCCCCCCCCCCCCCCCC. The van der Waals surface area contributed by atoms with E-state index in [1.807, 2.05) is 0 Å². The molecule has 2 atom stereocenters. The van der Waals surface area contributed by atoms with E-state index in [4.69, 9.17) is 4.74 Å². The number of unbranched alkanes of at least 4 members (excludes halogenated alkanes) is 54. The lowest BCUT2D eigenvalue weighted by Crippen LogP contribution is -2.45. The molecule has 0 aromatic heterocycles. The molecule has 0 aliphatic carbocycles. The Morgan fingerprint density at radius 2 is 0.588 bits per heavy atom. The first kappa shape index (κ1) is 78.3. The Labute approximate surface area is 501 Å². The van der Waals surface area contributed by atoms with Crippen molar-refractivity contribution in [2.45, 2.75) is 424 Å². The number of carbonyl (C=O) groups excluding carboxylic acids is 2. The minimum atomic E-state index is -0.664. The van der Waals surface area contributed by atoms with Crippen LogP contribution in [0.2, 0.25) is 0 Å². The Morgan fingerprint density at radius 1 is 0.338 bits per heavy atom. The van der Waals surface area contributed by atoms with Crippen molar-refractivity contribution in [3.8, 4) is 0 Å². The van der Waals surface area contributed by atoms with Gasteiger partial charge in [-0.05, 0) is 77.0 Å². The fourth-order valence-corrected chi connectivity index (χ4v) is 11.6. The Kier molecular flexibility index (Phi) is 68.4. The van der Waals surface area contributed by atoms with Gasteiger partial charge in [0.05, 0.1) is 25.4 Å². The summed E-state index contributed by atoms with van der Waals surface area (Å²) in [4.78, 5) is 24.6. The lowest BCUT2D eigenvalue weighted by molar-refractivity contribution is -0.143. The first-order valence-electron chi connectivity index (χ1n) is 36.6. The van der Waals surface area contributed by atoms with Gasteiger partial charge in [-0.2, -0.15) is 0 Å². The van der Waals surface area contributed by atoms with Crippen LogP contribution in [0.15, 0.2) is 24.3 Å². The monoisotopic (exact) mass is 1130 g/mol. The number of hydrogen-bond donors (Lipinski definition) is 3. The molecule has 0 aromatic rings. The van der Waals surface area contributed by atoms with E-state index in [0.29, 0.717) is 25.9 Å². The molecular formula is C74H143NO5. The lowest BCUT2D eigenvalue weighted by atomic mass is 10.0. The summed E-state index contributed by atoms with van der Waals surface area (Å²) in [5, 5.41) is 23.4. The summed E-state index contributed by atoms with van der Waals surface area (Å²) in [6.45, 7) is 4.98. The average molecular weight is 1130 g/mol. The molecule has 0 heterocycles. The number of aliphatic hydroxyl groups excluding tert-OH is 2. The van der Waals surface area contributed by atoms with E-state index in [9.17, 15) is 19.8 Å². The van der Waals surface area contributed by atoms with Crippen LogP contribution in [-0.2, 0) is 14.3 Å². The second-order valence-electron chi connectivity index (χ2n) is 25.3. The number of nitrogens with one attached hydrogen (secondary N) is 1. The van der Waals surface area contributed by atoms with E-state index in [-0.39, 0.29) is 18.5 Å². The summed E-state index contributed by atoms with van der Waals surface area (Å²) >= 11 is 0. The number of ether oxygens (including phenoxy) is 1. The molecular weight excluding hydrogens is 983 g/mol. The van der Waals surface area contributed by atoms with E-state index in [1.54, 1.807) is 0 Å². The van der Waals surface area contributed by atoms with E-state index >= 15 is 0 Å². The lowest BCUT2D eigenvalue weighted by Gasteiger charge is -2.22. The molecule has 6 nitrogen and oxygen atoms in total. The molecule has 0 spiro atoms. The molecule has 0 aliphatic rings. The zero-order valence-electron chi connectivity index (χ0n) is 54.3. The Hall–Kier alpha value is -1.66. The Morgan fingerprint density at radius 3 is 0.887 bits per heavy atom. The van der Waals surface area contributed by atoms with Gasteiger partial charge in [-0.3, -0.25) is 9.59 Å². The predicted octanol–water partition coefficient (Wildman–Crippen LogP) is 23.7. The molecule has 80 heavy (non-hydrogen) atoms. The van der Waals surface area contributed by atoms with Crippen LogP contribution in [0.1, 0.15) is 412 Å². The highest BCUT2D eigenvalue weighted by molar-refractivity contribution is 5.76. The highest BCUT2D eigenvalue weighted by Gasteiger charge is 2.20. The first-order chi connectivity index (χ1) is 39.5. The van der Waals surface area contributed by atoms with Crippen molar-refractivity contribution in [1.82, 2.24) is 5.32 Å². The van der Waals surface area contributed by atoms with Gasteiger partial charge in [-0.25, -0.2) is 0 Å². The van der Waals surface area contributed by atoms with E-state index in [1.165, 1.54) is 334 Å². The molecule has 0 saturated carbocycles. The van der Waals surface area contributed by atoms with Crippen molar-refractivity contribution in [3.63, 3.8) is 0 Å². The van der Waals surface area contributed by atoms with Gasteiger partial charge in [-0.1, -0.05) is 346 Å². The minimum absolute atomic E-state index is 0.00930. The summed E-state index contributed by atoms with van der Waals surface area (Å²) in [5.74, 6) is -0.0199. The van der Waals surface area contributed by atoms with Gasteiger partial charge in [0, 0.05) is 12.8 Å². The maximum atomic E-state index is 12.5. The van der Waals surface area contributed by atoms with Crippen molar-refractivity contribution in [2.75, 3.05) is 13.2 Å². The highest BCUT2D eigenvalue weighted by Crippen LogP contribution is 2.19. The fraction of sp³-hybridized carbons (Fsp3) is 0.919. The summed E-state index contributed by atoms with van der Waals surface area (Å²) in [6.07, 6.45) is 88.1. The quantitative estimate of drug-likeness (QED) is 0.0320. The number of rotatable bonds is 69. The Bertz CT molecular complexity index is 1250. The largest absolute Gasteiger partial charge is 0.466 e. The summed E-state index contributed by atoms with van der Waals surface area (Å²) in [5.41, 5.74) is 0. The van der Waals surface area contributed by atoms with Crippen LogP contribution >= 0.6 is 0 Å². The molecule has 0 aromatic carbocycles. The van der Waals surface area contributed by atoms with Crippen LogP contribution in [0.3, 0.4) is 0 Å². The van der Waals surface area contributed by atoms with Gasteiger partial charge in [0.15, 0.2) is 0 Å². The molecule has 0 rings (SSSR count). The third-order valence-corrected chi connectivity index (χ3v) is 17.2. The number of amides is 1. The Balaban J connectivity index is 3.36. The van der Waals surface area contributed by atoms with E-state index in [2.05, 4.69) is 43.5 Å². The molecule has 0 bridgehead atoms. The molecule has 3 N–H and O–H groups in total. The van der Waals surface area contributed by atoms with Crippen LogP contribution in [0, 0.1) is 0 Å². The van der Waals surface area contributed by atoms with Gasteiger partial charge >= 0.3 is 5.97 Å². The maximum Gasteiger partial charge on any atom is 0.305 e. The second kappa shape index (κ2) is 69.8. The molecule has 0 aliphatic heterocycles. The fourth-order valence-electron chi connectivity index (χ4n) is 11.6. The smallest absolute Gasteiger partial charge is 0.305 e. The van der Waals surface area contributed by atoms with Crippen LogP contribution in [0.25, 0.3) is 0 Å². The number of hydrogen-bond acceptors (Lipinski definition) is 5. The zero-order valence-corrected chi connectivity index (χ0v) is 54.3. The average Bonchev–Trinajstić information content (AvgIpc) is 3.46. The third-order valence-electron chi connectivity index (χ3n) is 17.2. The highest BCUT2D eigenvalue weighted by atomic mass is 16.5. The third kappa shape index (κ3) is 65.5. The topological polar surface area (TPSA) is 95.9 Å². The predicted molar refractivity (Wildman–Crippen MR) is 352 cm³/mol. The number of esters is 1. The second-order valence-corrected chi connectivity index (χ2v) is 25.3. The zero-order chi connectivity index (χ0) is 57.8. The van der Waals surface area contributed by atoms with Crippen molar-refractivity contribution in [1.29, 1.82) is 0 Å². The molecule has 0 fully saturated rings. The first-order valence-corrected chi connectivity index (χ1v) is 36.6. The number of allylic oxidation sites excluding steroid dienone is 4. The van der Waals surface area contributed by atoms with Gasteiger partial charge in [0.1, 0.15) is 0 Å². The van der Waals surface area contributed by atoms with Crippen molar-refractivity contribution >= 4 is 11.9 Å². The number of carbonyl (C=O) groups is 2. The van der Waals surface area contributed by atoms with Crippen molar-refractivity contribution < 1.29 is 24.5 Å². The van der Waals surface area contributed by atoms with E-state index < -0.39 is 12.1 Å². The van der Waals surface area contributed by atoms with Crippen LogP contribution in [0.5, 0.6) is 0 Å². The minimum Gasteiger partial charge on any atom is -0.466 e. The molecule has 0 radical (unpaired) electrons. The van der Waals surface area contributed by atoms with Gasteiger partial charge in [-0.15, -0.1) is 0 Å². The summed E-state index contributed by atoms with van der Waals surface area (Å²) in [7, 11) is 0. The van der Waals surface area contributed by atoms with Gasteiger partial charge < -0.3 is 20.3 Å². The van der Waals surface area contributed by atoms with Crippen molar-refractivity contribution in [3.05, 3.63) is 24.3 Å². The van der Waals surface area contributed by atoms with Crippen LogP contribution in [-0.4, -0.2) is 47.4 Å². The van der Waals surface area contributed by atoms with Gasteiger partial charge in [0.25, 0.3) is 0 Å².